The van der Waals surface area contributed by atoms with Gasteiger partial charge in [0, 0.05) is 12.7 Å². The number of halogens is 3. The van der Waals surface area contributed by atoms with Crippen LogP contribution in [0.3, 0.4) is 0 Å². The Hall–Kier alpha value is -3.63. The van der Waals surface area contributed by atoms with Crippen LogP contribution in [0.2, 0.25) is 0 Å². The average Bonchev–Trinajstić information content (AvgIpc) is 2.71. The molecule has 1 aromatic heterocycles. The van der Waals surface area contributed by atoms with Crippen LogP contribution in [0.25, 0.3) is 0 Å². The lowest BCUT2D eigenvalue weighted by atomic mass is 10.1. The molecule has 11 heteroatoms. The third-order valence-corrected chi connectivity index (χ3v) is 4.54. The molecule has 0 aliphatic rings. The number of aromatic nitrogens is 1. The summed E-state index contributed by atoms with van der Waals surface area (Å²) in [7, 11) is 0. The van der Waals surface area contributed by atoms with Crippen molar-refractivity contribution in [2.24, 2.45) is 10.7 Å². The van der Waals surface area contributed by atoms with Gasteiger partial charge in [0.1, 0.15) is 11.6 Å². The molecule has 4 N–H and O–H groups in total. The van der Waals surface area contributed by atoms with E-state index in [2.05, 4.69) is 10.3 Å². The Kier molecular flexibility index (Phi) is 8.16. The van der Waals surface area contributed by atoms with Gasteiger partial charge in [0.25, 0.3) is 11.5 Å². The van der Waals surface area contributed by atoms with E-state index in [9.17, 15) is 32.7 Å². The number of rotatable bonds is 9. The number of hydrogen-bond donors (Lipinski definition) is 3. The predicted molar refractivity (Wildman–Crippen MR) is 112 cm³/mol. The fourth-order valence-electron chi connectivity index (χ4n) is 3.00. The molecule has 2 rings (SSSR count). The highest BCUT2D eigenvalue weighted by Gasteiger charge is 2.33. The lowest BCUT2D eigenvalue weighted by Crippen LogP contribution is -2.43. The van der Waals surface area contributed by atoms with E-state index in [1.54, 1.807) is 6.92 Å². The standard InChI is InChI=1S/C21H23F3N4O4/c1-13(25)26-10-4-9-17(20(31)32)27-18(29)15-7-5-11-28(19(15)30)12-14-6-2-3-8-16(14)21(22,23)24/h2-3,5-8,11,17H,4,9-10,12H2,1H3,(H2,25,26)(H,27,29)(H,31,32). The highest BCUT2D eigenvalue weighted by Crippen LogP contribution is 2.32. The van der Waals surface area contributed by atoms with Crippen LogP contribution < -0.4 is 16.6 Å². The molecule has 8 nitrogen and oxygen atoms in total. The molecule has 0 aliphatic carbocycles. The molecular weight excluding hydrogens is 429 g/mol. The fourth-order valence-corrected chi connectivity index (χ4v) is 3.00. The molecule has 32 heavy (non-hydrogen) atoms. The minimum atomic E-state index is -4.60. The number of carbonyl (C=O) groups excluding carboxylic acids is 1. The molecule has 1 amide bonds. The van der Waals surface area contributed by atoms with Crippen molar-refractivity contribution in [3.05, 3.63) is 69.6 Å². The van der Waals surface area contributed by atoms with Crippen molar-refractivity contribution < 1.29 is 27.9 Å². The number of carbonyl (C=O) groups is 2. The van der Waals surface area contributed by atoms with Gasteiger partial charge in [-0.15, -0.1) is 0 Å². The fraction of sp³-hybridized carbons (Fsp3) is 0.333. The third-order valence-electron chi connectivity index (χ3n) is 4.54. The molecule has 1 unspecified atom stereocenters. The summed E-state index contributed by atoms with van der Waals surface area (Å²) in [6.45, 7) is 1.46. The van der Waals surface area contributed by atoms with E-state index < -0.39 is 41.8 Å². The van der Waals surface area contributed by atoms with E-state index in [0.717, 1.165) is 10.6 Å². The monoisotopic (exact) mass is 452 g/mol. The second-order valence-corrected chi connectivity index (χ2v) is 7.04. The topological polar surface area (TPSA) is 127 Å². The molecule has 1 atom stereocenters. The molecule has 0 spiro atoms. The quantitative estimate of drug-likeness (QED) is 0.306. The molecule has 0 bridgehead atoms. The Balaban J connectivity index is 2.21. The van der Waals surface area contributed by atoms with Crippen LogP contribution in [0.15, 0.2) is 52.4 Å². The second kappa shape index (κ2) is 10.6. The summed E-state index contributed by atoms with van der Waals surface area (Å²) in [4.78, 5) is 40.6. The van der Waals surface area contributed by atoms with E-state index in [0.29, 0.717) is 12.3 Å². The highest BCUT2D eigenvalue weighted by atomic mass is 19.4. The smallest absolute Gasteiger partial charge is 0.416 e. The van der Waals surface area contributed by atoms with E-state index >= 15 is 0 Å². The number of benzene rings is 1. The van der Waals surface area contributed by atoms with Crippen LogP contribution in [0, 0.1) is 0 Å². The van der Waals surface area contributed by atoms with Gasteiger partial charge in [0.2, 0.25) is 0 Å². The van der Waals surface area contributed by atoms with Crippen LogP contribution in [0.1, 0.15) is 41.3 Å². The van der Waals surface area contributed by atoms with Gasteiger partial charge >= 0.3 is 12.1 Å². The number of carboxylic acid groups (broad SMARTS) is 1. The van der Waals surface area contributed by atoms with Gasteiger partial charge in [-0.1, -0.05) is 18.2 Å². The van der Waals surface area contributed by atoms with Gasteiger partial charge in [-0.05, 0) is 43.5 Å². The normalized spacial score (nSPS) is 12.9. The summed E-state index contributed by atoms with van der Waals surface area (Å²) < 4.78 is 40.6. The van der Waals surface area contributed by atoms with Gasteiger partial charge < -0.3 is 20.7 Å². The molecule has 1 heterocycles. The number of amidine groups is 1. The van der Waals surface area contributed by atoms with Gasteiger partial charge in [0.15, 0.2) is 0 Å². The average molecular weight is 452 g/mol. The van der Waals surface area contributed by atoms with Crippen LogP contribution in [0.4, 0.5) is 13.2 Å². The number of aliphatic carboxylic acids is 1. The number of amides is 1. The number of aliphatic imine (C=N–C) groups is 1. The predicted octanol–water partition coefficient (Wildman–Crippen LogP) is 2.26. The van der Waals surface area contributed by atoms with Crippen molar-refractivity contribution in [3.63, 3.8) is 0 Å². The molecule has 172 valence electrons. The van der Waals surface area contributed by atoms with Crippen molar-refractivity contribution in [3.8, 4) is 0 Å². The molecule has 0 fully saturated rings. The highest BCUT2D eigenvalue weighted by molar-refractivity contribution is 5.96. The largest absolute Gasteiger partial charge is 0.480 e. The summed E-state index contributed by atoms with van der Waals surface area (Å²) in [5.74, 6) is -1.88. The van der Waals surface area contributed by atoms with Crippen LogP contribution in [0.5, 0.6) is 0 Å². The molecular formula is C21H23F3N4O4. The maximum absolute atomic E-state index is 13.2. The van der Waals surface area contributed by atoms with Gasteiger partial charge in [-0.2, -0.15) is 13.2 Å². The molecule has 0 saturated heterocycles. The minimum absolute atomic E-state index is 0.0534. The third kappa shape index (κ3) is 6.69. The first-order valence-corrected chi connectivity index (χ1v) is 9.65. The van der Waals surface area contributed by atoms with E-state index in [-0.39, 0.29) is 24.1 Å². The Bertz CT molecular complexity index is 1060. The first kappa shape index (κ1) is 24.6. The second-order valence-electron chi connectivity index (χ2n) is 7.04. The van der Waals surface area contributed by atoms with Crippen molar-refractivity contribution in [1.29, 1.82) is 0 Å². The zero-order valence-electron chi connectivity index (χ0n) is 17.2. The maximum atomic E-state index is 13.2. The van der Waals surface area contributed by atoms with Crippen molar-refractivity contribution in [1.82, 2.24) is 9.88 Å². The lowest BCUT2D eigenvalue weighted by molar-refractivity contribution is -0.139. The molecule has 2 aromatic rings. The Labute approximate surface area is 181 Å². The SMILES string of the molecule is CC(N)=NCCCC(NC(=O)c1cccn(Cc2ccccc2C(F)(F)F)c1=O)C(=O)O. The summed E-state index contributed by atoms with van der Waals surface area (Å²) in [6, 6.07) is 6.06. The van der Waals surface area contributed by atoms with Crippen molar-refractivity contribution >= 4 is 17.7 Å². The zero-order chi connectivity index (χ0) is 23.9. The van der Waals surface area contributed by atoms with Crippen molar-refractivity contribution in [2.75, 3.05) is 6.54 Å². The van der Waals surface area contributed by atoms with Gasteiger partial charge in [-0.3, -0.25) is 14.6 Å². The Morgan fingerprint density at radius 3 is 2.53 bits per heavy atom. The zero-order valence-corrected chi connectivity index (χ0v) is 17.2. The van der Waals surface area contributed by atoms with E-state index in [4.69, 9.17) is 5.73 Å². The number of hydrogen-bond acceptors (Lipinski definition) is 4. The molecule has 0 radical (unpaired) electrons. The summed E-state index contributed by atoms with van der Waals surface area (Å²) >= 11 is 0. The van der Waals surface area contributed by atoms with Crippen LogP contribution >= 0.6 is 0 Å². The number of carboxylic acids is 1. The maximum Gasteiger partial charge on any atom is 0.416 e. The molecule has 0 saturated carbocycles. The first-order valence-electron chi connectivity index (χ1n) is 9.65. The first-order chi connectivity index (χ1) is 15.0. The summed E-state index contributed by atoms with van der Waals surface area (Å²) in [6.07, 6.45) is -2.96. The number of pyridine rings is 1. The molecule has 0 aliphatic heterocycles. The minimum Gasteiger partial charge on any atom is -0.480 e. The van der Waals surface area contributed by atoms with Crippen molar-refractivity contribution in [2.45, 2.75) is 38.5 Å². The van der Waals surface area contributed by atoms with Gasteiger partial charge in [-0.25, -0.2) is 4.79 Å². The summed E-state index contributed by atoms with van der Waals surface area (Å²) in [5.41, 5.74) is 3.17. The Morgan fingerprint density at radius 2 is 1.91 bits per heavy atom. The number of alkyl halides is 3. The lowest BCUT2D eigenvalue weighted by Gasteiger charge is -2.16. The van der Waals surface area contributed by atoms with E-state index in [1.165, 1.54) is 36.5 Å². The number of nitrogens with two attached hydrogens (primary N) is 1. The van der Waals surface area contributed by atoms with Gasteiger partial charge in [0.05, 0.1) is 17.9 Å². The van der Waals surface area contributed by atoms with Crippen LogP contribution in [-0.2, 0) is 17.5 Å². The summed E-state index contributed by atoms with van der Waals surface area (Å²) in [5, 5.41) is 11.6. The van der Waals surface area contributed by atoms with Crippen LogP contribution in [-0.4, -0.2) is 40.0 Å². The number of nitrogens with one attached hydrogen (secondary N) is 1. The number of nitrogens with zero attached hydrogens (tertiary/aromatic N) is 2. The Morgan fingerprint density at radius 1 is 1.22 bits per heavy atom. The molecule has 1 aromatic carbocycles. The van der Waals surface area contributed by atoms with E-state index in [1.807, 2.05) is 0 Å².